The zero-order valence-electron chi connectivity index (χ0n) is 8.01. The van der Waals surface area contributed by atoms with Crippen molar-refractivity contribution in [1.29, 1.82) is 0 Å². The minimum Gasteiger partial charge on any atom is -0.467 e. The number of carbonyl (C=O) groups excluding carboxylic acids is 1. The minimum absolute atomic E-state index is 0.267. The number of nitrogens with zero attached hydrogens (tertiary/aromatic N) is 2. The highest BCUT2D eigenvalue weighted by atomic mass is 16.5. The lowest BCUT2D eigenvalue weighted by atomic mass is 10.1. The lowest BCUT2D eigenvalue weighted by Crippen LogP contribution is -1.91. The molecule has 0 amide bonds. The number of aldehydes is 1. The van der Waals surface area contributed by atoms with E-state index in [-0.39, 0.29) is 11.8 Å². The molecule has 0 aliphatic carbocycles. The van der Waals surface area contributed by atoms with Crippen LogP contribution in [0.5, 0.6) is 6.01 Å². The Balaban J connectivity index is 2.41. The highest BCUT2D eigenvalue weighted by Gasteiger charge is 2.08. The molecular weight excluding hydrogens is 196 g/mol. The Morgan fingerprint density at radius 1 is 1.40 bits per heavy atom. The molecule has 5 heteroatoms. The molecule has 0 atom stereocenters. The molecule has 0 N–H and O–H groups in total. The summed E-state index contributed by atoms with van der Waals surface area (Å²) in [6.45, 7) is 0. The van der Waals surface area contributed by atoms with E-state index < -0.39 is 0 Å². The van der Waals surface area contributed by atoms with Crippen LogP contribution in [0.1, 0.15) is 10.6 Å². The molecule has 0 bridgehead atoms. The fraction of sp³-hybridized carbons (Fsp3) is 0.100. The second-order valence-corrected chi connectivity index (χ2v) is 2.77. The Morgan fingerprint density at radius 3 is 2.73 bits per heavy atom. The van der Waals surface area contributed by atoms with E-state index in [1.807, 2.05) is 0 Å². The van der Waals surface area contributed by atoms with Crippen molar-refractivity contribution in [2.75, 3.05) is 7.11 Å². The Labute approximate surface area is 85.7 Å². The number of hydrogen-bond acceptors (Lipinski definition) is 5. The molecular formula is C10H8N2O3. The van der Waals surface area contributed by atoms with Gasteiger partial charge < -0.3 is 9.15 Å². The summed E-state index contributed by atoms with van der Waals surface area (Å²) in [5.41, 5.74) is 1.39. The van der Waals surface area contributed by atoms with Crippen LogP contribution in [0.4, 0.5) is 0 Å². The first-order valence-electron chi connectivity index (χ1n) is 4.24. The van der Waals surface area contributed by atoms with Crippen molar-refractivity contribution >= 4 is 6.29 Å². The lowest BCUT2D eigenvalue weighted by Gasteiger charge is -1.99. The van der Waals surface area contributed by atoms with Crippen molar-refractivity contribution in [3.63, 3.8) is 0 Å². The molecule has 0 aromatic carbocycles. The van der Waals surface area contributed by atoms with Crippen LogP contribution in [-0.4, -0.2) is 23.4 Å². The van der Waals surface area contributed by atoms with Crippen molar-refractivity contribution < 1.29 is 13.9 Å². The quantitative estimate of drug-likeness (QED) is 0.710. The van der Waals surface area contributed by atoms with Gasteiger partial charge in [-0.15, -0.1) is 0 Å². The lowest BCUT2D eigenvalue weighted by molar-refractivity contribution is 0.110. The van der Waals surface area contributed by atoms with Gasteiger partial charge in [-0.25, -0.2) is 9.97 Å². The van der Waals surface area contributed by atoms with Crippen molar-refractivity contribution in [2.24, 2.45) is 0 Å². The number of carbonyl (C=O) groups is 1. The number of ether oxygens (including phenoxy) is 1. The van der Waals surface area contributed by atoms with Gasteiger partial charge in [-0.1, -0.05) is 0 Å². The molecule has 0 unspecified atom stereocenters. The number of furan rings is 1. The highest BCUT2D eigenvalue weighted by Crippen LogP contribution is 2.22. The van der Waals surface area contributed by atoms with Crippen molar-refractivity contribution in [1.82, 2.24) is 9.97 Å². The van der Waals surface area contributed by atoms with Crippen LogP contribution in [0.3, 0.4) is 0 Å². The molecule has 0 spiro atoms. The van der Waals surface area contributed by atoms with Crippen LogP contribution in [0, 0.1) is 0 Å². The molecule has 2 aromatic rings. The van der Waals surface area contributed by atoms with Crippen LogP contribution in [0.15, 0.2) is 29.1 Å². The van der Waals surface area contributed by atoms with E-state index in [1.54, 1.807) is 18.5 Å². The van der Waals surface area contributed by atoms with E-state index in [4.69, 9.17) is 9.15 Å². The van der Waals surface area contributed by atoms with Gasteiger partial charge in [0.15, 0.2) is 12.0 Å². The summed E-state index contributed by atoms with van der Waals surface area (Å²) in [6.07, 6.45) is 5.25. The molecule has 0 aliphatic rings. The molecule has 0 fully saturated rings. The van der Waals surface area contributed by atoms with E-state index >= 15 is 0 Å². The Kier molecular flexibility index (Phi) is 2.45. The maximum absolute atomic E-state index is 10.6. The third-order valence-electron chi connectivity index (χ3n) is 1.92. The molecule has 15 heavy (non-hydrogen) atoms. The largest absolute Gasteiger partial charge is 0.467 e. The number of rotatable bonds is 3. The van der Waals surface area contributed by atoms with Crippen molar-refractivity contribution in [3.8, 4) is 17.1 Å². The molecule has 0 aliphatic heterocycles. The average Bonchev–Trinajstić information content (AvgIpc) is 2.77. The minimum atomic E-state index is 0.267. The van der Waals surface area contributed by atoms with Crippen molar-refractivity contribution in [2.45, 2.75) is 0 Å². The standard InChI is InChI=1S/C10H8N2O3/c1-14-10-11-4-7(5-12-10)8-2-3-15-9(8)6-13/h2-6H,1H3. The summed E-state index contributed by atoms with van der Waals surface area (Å²) < 4.78 is 9.80. The average molecular weight is 204 g/mol. The van der Waals surface area contributed by atoms with Gasteiger partial charge in [0.2, 0.25) is 0 Å². The van der Waals surface area contributed by atoms with Gasteiger partial charge in [-0.05, 0) is 6.07 Å². The van der Waals surface area contributed by atoms with Crippen LogP contribution >= 0.6 is 0 Å². The normalized spacial score (nSPS) is 9.93. The molecule has 2 rings (SSSR count). The molecule has 0 saturated heterocycles. The highest BCUT2D eigenvalue weighted by molar-refractivity contribution is 5.83. The van der Waals surface area contributed by atoms with Crippen molar-refractivity contribution in [3.05, 3.63) is 30.5 Å². The van der Waals surface area contributed by atoms with E-state index in [2.05, 4.69) is 9.97 Å². The summed E-state index contributed by atoms with van der Waals surface area (Å²) in [5.74, 6) is 0.267. The summed E-state index contributed by atoms with van der Waals surface area (Å²) >= 11 is 0. The number of methoxy groups -OCH3 is 1. The summed E-state index contributed by atoms with van der Waals surface area (Å²) in [4.78, 5) is 18.5. The van der Waals surface area contributed by atoms with Gasteiger partial charge >= 0.3 is 6.01 Å². The van der Waals surface area contributed by atoms with Crippen LogP contribution < -0.4 is 4.74 Å². The molecule has 2 aromatic heterocycles. The van der Waals surface area contributed by atoms with E-state index in [0.717, 1.165) is 0 Å². The van der Waals surface area contributed by atoms with Gasteiger partial charge in [0.1, 0.15) is 0 Å². The molecule has 0 radical (unpaired) electrons. The van der Waals surface area contributed by atoms with E-state index in [1.165, 1.54) is 13.4 Å². The number of hydrogen-bond donors (Lipinski definition) is 0. The molecule has 2 heterocycles. The van der Waals surface area contributed by atoms with Crippen LogP contribution in [0.2, 0.25) is 0 Å². The summed E-state index contributed by atoms with van der Waals surface area (Å²) in [6, 6.07) is 1.98. The second kappa shape index (κ2) is 3.91. The Morgan fingerprint density at radius 2 is 2.13 bits per heavy atom. The predicted molar refractivity (Wildman–Crippen MR) is 51.7 cm³/mol. The Bertz CT molecular complexity index is 462. The van der Waals surface area contributed by atoms with Gasteiger partial charge in [-0.2, -0.15) is 0 Å². The van der Waals surface area contributed by atoms with Crippen LogP contribution in [-0.2, 0) is 0 Å². The fourth-order valence-corrected chi connectivity index (χ4v) is 1.21. The fourth-order valence-electron chi connectivity index (χ4n) is 1.21. The molecule has 5 nitrogen and oxygen atoms in total. The van der Waals surface area contributed by atoms with Gasteiger partial charge in [-0.3, -0.25) is 4.79 Å². The van der Waals surface area contributed by atoms with Gasteiger partial charge in [0.05, 0.1) is 13.4 Å². The van der Waals surface area contributed by atoms with E-state index in [0.29, 0.717) is 17.4 Å². The maximum Gasteiger partial charge on any atom is 0.316 e. The first kappa shape index (κ1) is 9.39. The van der Waals surface area contributed by atoms with Gasteiger partial charge in [0.25, 0.3) is 0 Å². The zero-order valence-corrected chi connectivity index (χ0v) is 8.01. The third kappa shape index (κ3) is 1.71. The van der Waals surface area contributed by atoms with Crippen LogP contribution in [0.25, 0.3) is 11.1 Å². The first-order valence-corrected chi connectivity index (χ1v) is 4.24. The predicted octanol–water partition coefficient (Wildman–Crippen LogP) is 1.56. The summed E-state index contributed by atoms with van der Waals surface area (Å²) in [5, 5.41) is 0. The van der Waals surface area contributed by atoms with E-state index in [9.17, 15) is 4.79 Å². The second-order valence-electron chi connectivity index (χ2n) is 2.77. The van der Waals surface area contributed by atoms with Gasteiger partial charge in [0, 0.05) is 23.5 Å². The third-order valence-corrected chi connectivity index (χ3v) is 1.92. The Hall–Kier alpha value is -2.17. The monoisotopic (exact) mass is 204 g/mol. The summed E-state index contributed by atoms with van der Waals surface area (Å²) in [7, 11) is 1.49. The first-order chi connectivity index (χ1) is 7.35. The number of aromatic nitrogens is 2. The molecule has 76 valence electrons. The smallest absolute Gasteiger partial charge is 0.316 e. The maximum atomic E-state index is 10.6. The SMILES string of the molecule is COc1ncc(-c2ccoc2C=O)cn1. The topological polar surface area (TPSA) is 65.2 Å². The molecule has 0 saturated carbocycles. The zero-order chi connectivity index (χ0) is 10.7.